The van der Waals surface area contributed by atoms with Crippen LogP contribution in [-0.4, -0.2) is 4.98 Å². The molecule has 2 N–H and O–H groups in total. The molecule has 0 spiro atoms. The van der Waals surface area contributed by atoms with E-state index in [-0.39, 0.29) is 17.0 Å². The summed E-state index contributed by atoms with van der Waals surface area (Å²) < 4.78 is 0. The summed E-state index contributed by atoms with van der Waals surface area (Å²) in [7, 11) is 0. The highest BCUT2D eigenvalue weighted by Gasteiger charge is 1.93. The Bertz CT molecular complexity index is 203. The van der Waals surface area contributed by atoms with Gasteiger partial charge in [-0.25, -0.2) is 4.98 Å². The zero-order valence-electron chi connectivity index (χ0n) is 5.25. The first kappa shape index (κ1) is 9.91. The van der Waals surface area contributed by atoms with Crippen LogP contribution in [0.25, 0.3) is 0 Å². The molecule has 0 unspecified atom stereocenters. The van der Waals surface area contributed by atoms with Crippen LogP contribution in [0.15, 0.2) is 18.3 Å². The number of pyridine rings is 1. The van der Waals surface area contributed by atoms with E-state index in [1.54, 1.807) is 6.20 Å². The van der Waals surface area contributed by atoms with Gasteiger partial charge in [-0.15, -0.1) is 17.0 Å². The fourth-order valence-electron chi connectivity index (χ4n) is 0.564. The van der Waals surface area contributed by atoms with Crippen molar-refractivity contribution in [1.29, 1.82) is 0 Å². The predicted octanol–water partition coefficient (Wildman–Crippen LogP) is 2.14. The van der Waals surface area contributed by atoms with Gasteiger partial charge in [0.25, 0.3) is 0 Å². The van der Waals surface area contributed by atoms with E-state index in [1.165, 1.54) is 0 Å². The van der Waals surface area contributed by atoms with E-state index >= 15 is 0 Å². The third kappa shape index (κ3) is 2.27. The van der Waals surface area contributed by atoms with E-state index in [0.29, 0.717) is 5.82 Å². The topological polar surface area (TPSA) is 38.9 Å². The van der Waals surface area contributed by atoms with Gasteiger partial charge in [0.2, 0.25) is 0 Å². The first-order chi connectivity index (χ1) is 4.34. The summed E-state index contributed by atoms with van der Waals surface area (Å²) >= 11 is 3.29. The molecule has 1 heterocycles. The highest BCUT2D eigenvalue weighted by molar-refractivity contribution is 9.08. The zero-order valence-corrected chi connectivity index (χ0v) is 8.55. The van der Waals surface area contributed by atoms with Crippen LogP contribution in [0.1, 0.15) is 5.56 Å². The summed E-state index contributed by atoms with van der Waals surface area (Å²) in [5, 5.41) is 0.771. The largest absolute Gasteiger partial charge is 0.383 e. The second-order valence-corrected chi connectivity index (χ2v) is 2.24. The Labute approximate surface area is 78.7 Å². The first-order valence-corrected chi connectivity index (χ1v) is 3.72. The van der Waals surface area contributed by atoms with Gasteiger partial charge >= 0.3 is 0 Å². The number of rotatable bonds is 1. The van der Waals surface area contributed by atoms with Gasteiger partial charge in [0.15, 0.2) is 0 Å². The molecule has 1 aromatic heterocycles. The van der Waals surface area contributed by atoms with Crippen LogP contribution in [0.4, 0.5) is 5.82 Å². The molecule has 0 amide bonds. The van der Waals surface area contributed by atoms with Crippen molar-refractivity contribution in [3.8, 4) is 0 Å². The van der Waals surface area contributed by atoms with Crippen molar-refractivity contribution in [2.45, 2.75) is 5.33 Å². The third-order valence-electron chi connectivity index (χ3n) is 1.07. The van der Waals surface area contributed by atoms with Crippen LogP contribution in [0.2, 0.25) is 0 Å². The summed E-state index contributed by atoms with van der Waals surface area (Å²) in [5.41, 5.74) is 6.53. The molecule has 0 bridgehead atoms. The molecule has 1 rings (SSSR count). The summed E-state index contributed by atoms with van der Waals surface area (Å²) in [6.07, 6.45) is 1.68. The van der Waals surface area contributed by atoms with Crippen LogP contribution in [0, 0.1) is 0 Å². The number of nitrogens with two attached hydrogens (primary N) is 1. The Morgan fingerprint density at radius 3 is 2.70 bits per heavy atom. The molecule has 0 aromatic carbocycles. The van der Waals surface area contributed by atoms with E-state index in [0.717, 1.165) is 10.9 Å². The fraction of sp³-hybridized carbons (Fsp3) is 0.167. The molecule has 0 saturated heterocycles. The van der Waals surface area contributed by atoms with Crippen molar-refractivity contribution in [1.82, 2.24) is 4.98 Å². The second-order valence-electron chi connectivity index (χ2n) is 1.68. The van der Waals surface area contributed by atoms with Crippen LogP contribution in [0.3, 0.4) is 0 Å². The zero-order chi connectivity index (χ0) is 6.69. The van der Waals surface area contributed by atoms with Crippen molar-refractivity contribution in [2.24, 2.45) is 0 Å². The molecule has 0 aliphatic rings. The molecule has 0 atom stereocenters. The lowest BCUT2D eigenvalue weighted by Gasteiger charge is -1.96. The third-order valence-corrected chi connectivity index (χ3v) is 1.67. The molecule has 10 heavy (non-hydrogen) atoms. The van der Waals surface area contributed by atoms with E-state index in [9.17, 15) is 0 Å². The number of anilines is 1. The fourth-order valence-corrected chi connectivity index (χ4v) is 1.04. The second kappa shape index (κ2) is 4.68. The SMILES string of the molecule is Br.Nc1ncccc1CBr. The molecule has 0 saturated carbocycles. The Morgan fingerprint density at radius 1 is 1.60 bits per heavy atom. The number of hydrogen-bond donors (Lipinski definition) is 1. The molecule has 0 aliphatic heterocycles. The number of hydrogen-bond acceptors (Lipinski definition) is 2. The maximum Gasteiger partial charge on any atom is 0.127 e. The van der Waals surface area contributed by atoms with E-state index in [2.05, 4.69) is 20.9 Å². The number of aromatic nitrogens is 1. The Hall–Kier alpha value is -0.0900. The van der Waals surface area contributed by atoms with Gasteiger partial charge in [0.05, 0.1) is 0 Å². The molecular formula is C6H8Br2N2. The van der Waals surface area contributed by atoms with Crippen molar-refractivity contribution in [3.05, 3.63) is 23.9 Å². The van der Waals surface area contributed by atoms with Crippen LogP contribution >= 0.6 is 32.9 Å². The number of alkyl halides is 1. The van der Waals surface area contributed by atoms with E-state index in [1.807, 2.05) is 12.1 Å². The van der Waals surface area contributed by atoms with E-state index < -0.39 is 0 Å². The molecular weight excluding hydrogens is 260 g/mol. The number of nitrogens with zero attached hydrogens (tertiary/aromatic N) is 1. The molecule has 0 radical (unpaired) electrons. The summed E-state index contributed by atoms with van der Waals surface area (Å²) in [5.74, 6) is 0.606. The number of halogens is 2. The highest BCUT2D eigenvalue weighted by Crippen LogP contribution is 2.09. The minimum atomic E-state index is 0. The first-order valence-electron chi connectivity index (χ1n) is 2.60. The normalized spacial score (nSPS) is 8.50. The Kier molecular flexibility index (Phi) is 4.64. The predicted molar refractivity (Wildman–Crippen MR) is 51.6 cm³/mol. The van der Waals surface area contributed by atoms with Gasteiger partial charge in [0.1, 0.15) is 5.82 Å². The lowest BCUT2D eigenvalue weighted by atomic mass is 10.3. The minimum absolute atomic E-state index is 0. The molecule has 0 aliphatic carbocycles. The standard InChI is InChI=1S/C6H7BrN2.BrH/c7-4-5-2-1-3-9-6(5)8;/h1-3H,4H2,(H2,8,9);1H. The van der Waals surface area contributed by atoms with Crippen molar-refractivity contribution in [3.63, 3.8) is 0 Å². The Balaban J connectivity index is 0.000000810. The molecule has 56 valence electrons. The lowest BCUT2D eigenvalue weighted by Crippen LogP contribution is -1.93. The molecule has 4 heteroatoms. The van der Waals surface area contributed by atoms with Crippen LogP contribution in [0.5, 0.6) is 0 Å². The minimum Gasteiger partial charge on any atom is -0.383 e. The maximum absolute atomic E-state index is 5.49. The quantitative estimate of drug-likeness (QED) is 0.792. The number of nitrogen functional groups attached to an aromatic ring is 1. The molecule has 2 nitrogen and oxygen atoms in total. The molecule has 1 aromatic rings. The summed E-state index contributed by atoms with van der Waals surface area (Å²) in [6, 6.07) is 3.81. The monoisotopic (exact) mass is 266 g/mol. The molecule has 0 fully saturated rings. The van der Waals surface area contributed by atoms with Crippen molar-refractivity contribution >= 4 is 38.7 Å². The van der Waals surface area contributed by atoms with Gasteiger partial charge in [-0.05, 0) is 6.07 Å². The van der Waals surface area contributed by atoms with Gasteiger partial charge in [-0.1, -0.05) is 22.0 Å². The van der Waals surface area contributed by atoms with Crippen molar-refractivity contribution in [2.75, 3.05) is 5.73 Å². The Morgan fingerprint density at radius 2 is 2.30 bits per heavy atom. The van der Waals surface area contributed by atoms with Gasteiger partial charge < -0.3 is 5.73 Å². The van der Waals surface area contributed by atoms with Crippen LogP contribution in [-0.2, 0) is 5.33 Å². The average Bonchev–Trinajstić information content (AvgIpc) is 1.89. The average molecular weight is 268 g/mol. The summed E-state index contributed by atoms with van der Waals surface area (Å²) in [6.45, 7) is 0. The lowest BCUT2D eigenvalue weighted by molar-refractivity contribution is 1.27. The van der Waals surface area contributed by atoms with Gasteiger partial charge in [-0.3, -0.25) is 0 Å². The summed E-state index contributed by atoms with van der Waals surface area (Å²) in [4.78, 5) is 3.90. The van der Waals surface area contributed by atoms with Gasteiger partial charge in [0, 0.05) is 17.1 Å². The van der Waals surface area contributed by atoms with E-state index in [4.69, 9.17) is 5.73 Å². The van der Waals surface area contributed by atoms with Crippen LogP contribution < -0.4 is 5.73 Å². The van der Waals surface area contributed by atoms with Gasteiger partial charge in [-0.2, -0.15) is 0 Å². The maximum atomic E-state index is 5.49. The van der Waals surface area contributed by atoms with Crippen molar-refractivity contribution < 1.29 is 0 Å². The smallest absolute Gasteiger partial charge is 0.127 e. The highest BCUT2D eigenvalue weighted by atomic mass is 79.9.